The van der Waals surface area contributed by atoms with Gasteiger partial charge in [0.2, 0.25) is 0 Å². The van der Waals surface area contributed by atoms with Crippen molar-refractivity contribution in [2.75, 3.05) is 52.5 Å². The van der Waals surface area contributed by atoms with Crippen LogP contribution >= 0.6 is 0 Å². The molecule has 1 aromatic carbocycles. The van der Waals surface area contributed by atoms with Crippen molar-refractivity contribution in [2.24, 2.45) is 5.92 Å². The first-order chi connectivity index (χ1) is 13.7. The molecule has 2 aliphatic rings. The zero-order valence-electron chi connectivity index (χ0n) is 16.9. The molecule has 28 heavy (non-hydrogen) atoms. The van der Waals surface area contributed by atoms with E-state index in [-0.39, 0.29) is 0 Å². The van der Waals surface area contributed by atoms with Gasteiger partial charge in [-0.2, -0.15) is 0 Å². The van der Waals surface area contributed by atoms with Crippen LogP contribution in [0.5, 0.6) is 5.75 Å². The monoisotopic (exact) mass is 390 g/mol. The first-order valence-corrected chi connectivity index (χ1v) is 10.7. The van der Waals surface area contributed by atoms with Crippen LogP contribution in [0.25, 0.3) is 0 Å². The minimum Gasteiger partial charge on any atom is -0.494 e. The number of likely N-dealkylation sites (tertiary alicyclic amines) is 1. The molecule has 3 rings (SSSR count). The van der Waals surface area contributed by atoms with Crippen LogP contribution in [0.3, 0.4) is 0 Å². The highest BCUT2D eigenvalue weighted by Gasteiger charge is 2.24. The van der Waals surface area contributed by atoms with Crippen LogP contribution in [0.15, 0.2) is 24.3 Å². The van der Waals surface area contributed by atoms with Gasteiger partial charge in [0.15, 0.2) is 0 Å². The van der Waals surface area contributed by atoms with Crippen molar-refractivity contribution >= 4 is 5.97 Å². The summed E-state index contributed by atoms with van der Waals surface area (Å²) in [6.07, 6.45) is 6.37. The first kappa shape index (κ1) is 21.1. The summed E-state index contributed by atoms with van der Waals surface area (Å²) in [5.41, 5.74) is 1.17. The summed E-state index contributed by atoms with van der Waals surface area (Å²) in [5, 5.41) is 9.25. The van der Waals surface area contributed by atoms with Gasteiger partial charge in [-0.25, -0.2) is 0 Å². The second kappa shape index (κ2) is 11.4. The molecule has 0 spiro atoms. The minimum atomic E-state index is -0.782. The number of carbonyl (C=O) groups is 1. The third kappa shape index (κ3) is 7.08. The summed E-state index contributed by atoms with van der Waals surface area (Å²) < 4.78 is 11.3. The molecule has 2 fully saturated rings. The maximum Gasteiger partial charge on any atom is 0.310 e. The summed E-state index contributed by atoms with van der Waals surface area (Å²) in [7, 11) is 0. The van der Waals surface area contributed by atoms with Gasteiger partial charge in [-0.1, -0.05) is 18.6 Å². The van der Waals surface area contributed by atoms with Gasteiger partial charge in [0.25, 0.3) is 0 Å². The smallest absolute Gasteiger partial charge is 0.310 e. The van der Waals surface area contributed by atoms with Crippen LogP contribution in [0.4, 0.5) is 0 Å². The van der Waals surface area contributed by atoms with Crippen molar-refractivity contribution in [3.63, 3.8) is 0 Å². The molecule has 2 heterocycles. The van der Waals surface area contributed by atoms with E-state index < -0.39 is 11.9 Å². The van der Waals surface area contributed by atoms with E-state index in [0.29, 0.717) is 19.8 Å². The molecule has 2 aliphatic heterocycles. The second-order valence-corrected chi connectivity index (χ2v) is 7.95. The number of hydrogen-bond acceptors (Lipinski definition) is 5. The highest BCUT2D eigenvalue weighted by Crippen LogP contribution is 2.16. The summed E-state index contributed by atoms with van der Waals surface area (Å²) in [4.78, 5) is 16.0. The zero-order chi connectivity index (χ0) is 19.6. The van der Waals surface area contributed by atoms with Crippen LogP contribution in [-0.4, -0.2) is 73.4 Å². The largest absolute Gasteiger partial charge is 0.494 e. The van der Waals surface area contributed by atoms with E-state index in [1.54, 1.807) is 0 Å². The Balaban J connectivity index is 1.35. The van der Waals surface area contributed by atoms with E-state index in [4.69, 9.17) is 9.47 Å². The van der Waals surface area contributed by atoms with Crippen molar-refractivity contribution in [1.82, 2.24) is 9.80 Å². The number of piperidine rings is 1. The molecule has 1 aromatic rings. The summed E-state index contributed by atoms with van der Waals surface area (Å²) in [5.74, 6) is -0.324. The van der Waals surface area contributed by atoms with Gasteiger partial charge < -0.3 is 19.5 Å². The Morgan fingerprint density at radius 2 is 1.86 bits per heavy atom. The Hall–Kier alpha value is -1.63. The van der Waals surface area contributed by atoms with E-state index in [0.717, 1.165) is 31.9 Å². The molecule has 0 aromatic heterocycles. The molecule has 0 saturated carbocycles. The maximum atomic E-state index is 11.3. The summed E-state index contributed by atoms with van der Waals surface area (Å²) in [6, 6.07) is 8.18. The number of ether oxygens (including phenoxy) is 2. The van der Waals surface area contributed by atoms with Gasteiger partial charge >= 0.3 is 5.97 Å². The van der Waals surface area contributed by atoms with Gasteiger partial charge in [-0.3, -0.25) is 9.69 Å². The molecule has 156 valence electrons. The van der Waals surface area contributed by atoms with Crippen LogP contribution in [0.1, 0.15) is 37.7 Å². The third-order valence-corrected chi connectivity index (χ3v) is 5.61. The fourth-order valence-electron chi connectivity index (χ4n) is 3.93. The molecule has 0 radical (unpaired) electrons. The molecule has 2 saturated heterocycles. The maximum absolute atomic E-state index is 11.3. The Morgan fingerprint density at radius 3 is 2.61 bits per heavy atom. The lowest BCUT2D eigenvalue weighted by atomic mass is 10.1. The quantitative estimate of drug-likeness (QED) is 0.654. The number of hydrogen-bond donors (Lipinski definition) is 1. The lowest BCUT2D eigenvalue weighted by Gasteiger charge is -2.26. The van der Waals surface area contributed by atoms with Crippen molar-refractivity contribution in [3.8, 4) is 5.75 Å². The molecule has 1 unspecified atom stereocenters. The number of rotatable bonds is 9. The summed E-state index contributed by atoms with van der Waals surface area (Å²) >= 11 is 0. The van der Waals surface area contributed by atoms with Crippen molar-refractivity contribution < 1.29 is 19.4 Å². The van der Waals surface area contributed by atoms with Gasteiger partial charge in [0.1, 0.15) is 5.75 Å². The normalized spacial score (nSPS) is 21.9. The van der Waals surface area contributed by atoms with Gasteiger partial charge in [0, 0.05) is 19.6 Å². The van der Waals surface area contributed by atoms with E-state index >= 15 is 0 Å². The summed E-state index contributed by atoms with van der Waals surface area (Å²) in [6.45, 7) is 7.40. The zero-order valence-corrected chi connectivity index (χ0v) is 16.9. The number of aliphatic carboxylic acids is 1. The Kier molecular flexibility index (Phi) is 8.58. The van der Waals surface area contributed by atoms with E-state index in [9.17, 15) is 9.90 Å². The molecule has 0 bridgehead atoms. The fourth-order valence-corrected chi connectivity index (χ4v) is 3.93. The topological polar surface area (TPSA) is 62.2 Å². The molecular weight excluding hydrogens is 356 g/mol. The number of nitrogens with zero attached hydrogens (tertiary/aromatic N) is 2. The van der Waals surface area contributed by atoms with Gasteiger partial charge in [-0.05, 0) is 63.0 Å². The third-order valence-electron chi connectivity index (χ3n) is 5.61. The molecule has 1 atom stereocenters. The van der Waals surface area contributed by atoms with E-state index in [2.05, 4.69) is 21.9 Å². The minimum absolute atomic E-state index is 0.302. The Bertz CT molecular complexity index is 587. The first-order valence-electron chi connectivity index (χ1n) is 10.7. The average molecular weight is 391 g/mol. The lowest BCUT2D eigenvalue weighted by molar-refractivity contribution is -0.143. The van der Waals surface area contributed by atoms with E-state index in [1.807, 2.05) is 12.1 Å². The second-order valence-electron chi connectivity index (χ2n) is 7.95. The fraction of sp³-hybridized carbons (Fsp3) is 0.682. The predicted octanol–water partition coefficient (Wildman–Crippen LogP) is 2.86. The van der Waals surface area contributed by atoms with Crippen LogP contribution in [-0.2, 0) is 16.1 Å². The molecule has 0 aliphatic carbocycles. The molecule has 6 nitrogen and oxygen atoms in total. The number of unbranched alkanes of at least 4 members (excludes halogenated alkanes) is 1. The van der Waals surface area contributed by atoms with Crippen LogP contribution < -0.4 is 4.74 Å². The van der Waals surface area contributed by atoms with Gasteiger partial charge in [0.05, 0.1) is 25.7 Å². The van der Waals surface area contributed by atoms with Crippen LogP contribution in [0, 0.1) is 5.92 Å². The average Bonchev–Trinajstić information content (AvgIpc) is 2.96. The number of carboxylic acid groups (broad SMARTS) is 1. The van der Waals surface area contributed by atoms with Gasteiger partial charge in [-0.15, -0.1) is 0 Å². The number of benzene rings is 1. The Morgan fingerprint density at radius 1 is 1.07 bits per heavy atom. The lowest BCUT2D eigenvalue weighted by Crippen LogP contribution is -2.33. The standard InChI is InChI=1S/C22H34N2O4/c25-22(26)20-17-24(13-15-27-18-20)16-19-6-8-21(9-7-19)28-14-5-4-12-23-10-2-1-3-11-23/h6-9,20H,1-5,10-18H2,(H,25,26). The molecule has 1 N–H and O–H groups in total. The van der Waals surface area contributed by atoms with Crippen molar-refractivity contribution in [1.29, 1.82) is 0 Å². The molecule has 0 amide bonds. The van der Waals surface area contributed by atoms with E-state index in [1.165, 1.54) is 50.9 Å². The Labute approximate surface area is 168 Å². The van der Waals surface area contributed by atoms with Crippen molar-refractivity contribution in [3.05, 3.63) is 29.8 Å². The highest BCUT2D eigenvalue weighted by atomic mass is 16.5. The SMILES string of the molecule is O=C(O)C1COCCN(Cc2ccc(OCCCCN3CCCCC3)cc2)C1. The highest BCUT2D eigenvalue weighted by molar-refractivity contribution is 5.70. The number of carboxylic acids is 1. The van der Waals surface area contributed by atoms with Crippen molar-refractivity contribution in [2.45, 2.75) is 38.6 Å². The molecule has 6 heteroatoms. The molecular formula is C22H34N2O4. The predicted molar refractivity (Wildman–Crippen MR) is 109 cm³/mol. The van der Waals surface area contributed by atoms with Crippen LogP contribution in [0.2, 0.25) is 0 Å².